The van der Waals surface area contributed by atoms with Gasteiger partial charge >= 0.3 is 0 Å². The zero-order valence-corrected chi connectivity index (χ0v) is 9.54. The normalized spacial score (nSPS) is 11.1. The number of hydrogen-bond donors (Lipinski definition) is 1. The Bertz CT molecular complexity index is 408. The number of rotatable bonds is 4. The van der Waals surface area contributed by atoms with Gasteiger partial charge in [-0.2, -0.15) is 0 Å². The molecule has 0 aliphatic rings. The summed E-state index contributed by atoms with van der Waals surface area (Å²) in [6.07, 6.45) is 3.32. The van der Waals surface area contributed by atoms with Crippen LogP contribution in [0.2, 0.25) is 0 Å². The average Bonchev–Trinajstić information content (AvgIpc) is 2.85. The molecule has 0 aliphatic heterocycles. The number of hydrogen-bond acceptors (Lipinski definition) is 5. The molecule has 1 N–H and O–H groups in total. The molecule has 0 amide bonds. The highest BCUT2D eigenvalue weighted by Gasteiger charge is 2.07. The third-order valence-corrected chi connectivity index (χ3v) is 2.87. The highest BCUT2D eigenvalue weighted by molar-refractivity contribution is 7.14. The van der Waals surface area contributed by atoms with E-state index in [1.165, 1.54) is 0 Å². The summed E-state index contributed by atoms with van der Waals surface area (Å²) in [7, 11) is 0. The van der Waals surface area contributed by atoms with Crippen molar-refractivity contribution < 1.29 is 4.42 Å². The Morgan fingerprint density at radius 1 is 1.47 bits per heavy atom. The summed E-state index contributed by atoms with van der Waals surface area (Å²) in [4.78, 5) is 0. The zero-order chi connectivity index (χ0) is 10.7. The number of aromatic nitrogens is 2. The van der Waals surface area contributed by atoms with Gasteiger partial charge in [0.15, 0.2) is 5.01 Å². The van der Waals surface area contributed by atoms with E-state index < -0.39 is 0 Å². The molecule has 2 aromatic rings. The maximum absolute atomic E-state index is 5.00. The van der Waals surface area contributed by atoms with Crippen molar-refractivity contribution in [1.29, 1.82) is 0 Å². The van der Waals surface area contributed by atoms with E-state index in [9.17, 15) is 0 Å². The molecule has 0 radical (unpaired) electrons. The maximum Gasteiger partial charge on any atom is 0.151 e. The van der Waals surface area contributed by atoms with Gasteiger partial charge in [0, 0.05) is 12.6 Å². The molecule has 0 aromatic carbocycles. The minimum absolute atomic E-state index is 0.464. The van der Waals surface area contributed by atoms with E-state index in [0.717, 1.165) is 22.1 Å². The van der Waals surface area contributed by atoms with Crippen LogP contribution < -0.4 is 5.32 Å². The fourth-order valence-electron chi connectivity index (χ4n) is 1.12. The van der Waals surface area contributed by atoms with Gasteiger partial charge in [-0.05, 0) is 6.07 Å². The van der Waals surface area contributed by atoms with Crippen LogP contribution in [0.15, 0.2) is 23.0 Å². The molecule has 80 valence electrons. The molecule has 0 fully saturated rings. The first-order chi connectivity index (χ1) is 7.25. The molecular formula is C10H13N3OS. The second kappa shape index (κ2) is 4.55. The third-order valence-electron chi connectivity index (χ3n) is 1.90. The summed E-state index contributed by atoms with van der Waals surface area (Å²) >= 11 is 1.59. The van der Waals surface area contributed by atoms with Gasteiger partial charge in [0.05, 0.1) is 11.8 Å². The average molecular weight is 223 g/mol. The van der Waals surface area contributed by atoms with Crippen molar-refractivity contribution in [2.75, 3.05) is 0 Å². The molecule has 2 heterocycles. The van der Waals surface area contributed by atoms with Gasteiger partial charge in [-0.15, -0.1) is 10.2 Å². The number of furan rings is 1. The summed E-state index contributed by atoms with van der Waals surface area (Å²) in [6, 6.07) is 2.35. The van der Waals surface area contributed by atoms with Crippen molar-refractivity contribution in [2.24, 2.45) is 0 Å². The van der Waals surface area contributed by atoms with Crippen molar-refractivity contribution >= 4 is 11.3 Å². The van der Waals surface area contributed by atoms with Crippen molar-refractivity contribution in [3.05, 3.63) is 23.6 Å². The second-order valence-electron chi connectivity index (χ2n) is 3.55. The monoisotopic (exact) mass is 223 g/mol. The molecule has 4 nitrogen and oxygen atoms in total. The van der Waals surface area contributed by atoms with Gasteiger partial charge in [-0.1, -0.05) is 25.2 Å². The highest BCUT2D eigenvalue weighted by atomic mass is 32.1. The molecule has 15 heavy (non-hydrogen) atoms. The van der Waals surface area contributed by atoms with Gasteiger partial charge in [-0.3, -0.25) is 0 Å². The van der Waals surface area contributed by atoms with Crippen LogP contribution >= 0.6 is 11.3 Å². The van der Waals surface area contributed by atoms with Gasteiger partial charge in [0.2, 0.25) is 0 Å². The minimum Gasteiger partial charge on any atom is -0.472 e. The summed E-state index contributed by atoms with van der Waals surface area (Å²) in [6.45, 7) is 4.99. The SMILES string of the molecule is CC(C)NCc1nnc(-c2ccoc2)s1. The first kappa shape index (κ1) is 10.3. The lowest BCUT2D eigenvalue weighted by atomic mass is 10.4. The molecule has 0 saturated carbocycles. The van der Waals surface area contributed by atoms with E-state index in [1.54, 1.807) is 23.9 Å². The maximum atomic E-state index is 5.00. The van der Waals surface area contributed by atoms with Gasteiger partial charge in [-0.25, -0.2) is 0 Å². The molecule has 0 saturated heterocycles. The second-order valence-corrected chi connectivity index (χ2v) is 4.61. The Kier molecular flexibility index (Phi) is 3.13. The van der Waals surface area contributed by atoms with Crippen LogP contribution in [0.1, 0.15) is 18.9 Å². The van der Waals surface area contributed by atoms with E-state index >= 15 is 0 Å². The van der Waals surface area contributed by atoms with Crippen LogP contribution in [-0.4, -0.2) is 16.2 Å². The molecule has 2 aromatic heterocycles. The van der Waals surface area contributed by atoms with Crippen LogP contribution in [0.4, 0.5) is 0 Å². The fourth-order valence-corrected chi connectivity index (χ4v) is 1.90. The van der Waals surface area contributed by atoms with Crippen LogP contribution in [0.5, 0.6) is 0 Å². The lowest BCUT2D eigenvalue weighted by Gasteiger charge is -2.03. The Balaban J connectivity index is 2.04. The Hall–Kier alpha value is -1.20. The molecule has 0 unspecified atom stereocenters. The van der Waals surface area contributed by atoms with Gasteiger partial charge < -0.3 is 9.73 Å². The predicted molar refractivity (Wildman–Crippen MR) is 59.6 cm³/mol. The summed E-state index contributed by atoms with van der Waals surface area (Å²) < 4.78 is 5.00. The van der Waals surface area contributed by atoms with Crippen LogP contribution in [0.3, 0.4) is 0 Å². The van der Waals surface area contributed by atoms with Gasteiger partial charge in [0.1, 0.15) is 11.3 Å². The van der Waals surface area contributed by atoms with E-state index in [0.29, 0.717) is 6.04 Å². The summed E-state index contributed by atoms with van der Waals surface area (Å²) in [5.41, 5.74) is 0.989. The highest BCUT2D eigenvalue weighted by Crippen LogP contribution is 2.23. The third kappa shape index (κ3) is 2.64. The fraction of sp³-hybridized carbons (Fsp3) is 0.400. The molecular weight excluding hydrogens is 210 g/mol. The Labute approximate surface area is 92.3 Å². The van der Waals surface area contributed by atoms with Crippen LogP contribution in [0.25, 0.3) is 10.6 Å². The van der Waals surface area contributed by atoms with Gasteiger partial charge in [0.25, 0.3) is 0 Å². The van der Waals surface area contributed by atoms with E-state index in [-0.39, 0.29) is 0 Å². The van der Waals surface area contributed by atoms with Crippen LogP contribution in [-0.2, 0) is 6.54 Å². The lowest BCUT2D eigenvalue weighted by molar-refractivity contribution is 0.568. The molecule has 0 aliphatic carbocycles. The molecule has 0 bridgehead atoms. The Morgan fingerprint density at radius 3 is 3.00 bits per heavy atom. The van der Waals surface area contributed by atoms with E-state index in [2.05, 4.69) is 29.4 Å². The topological polar surface area (TPSA) is 51.0 Å². The lowest BCUT2D eigenvalue weighted by Crippen LogP contribution is -2.21. The molecule has 2 rings (SSSR count). The van der Waals surface area contributed by atoms with Crippen molar-refractivity contribution in [2.45, 2.75) is 26.4 Å². The van der Waals surface area contributed by atoms with E-state index in [4.69, 9.17) is 4.42 Å². The minimum atomic E-state index is 0.464. The smallest absolute Gasteiger partial charge is 0.151 e. The van der Waals surface area contributed by atoms with Crippen molar-refractivity contribution in [3.8, 4) is 10.6 Å². The quantitative estimate of drug-likeness (QED) is 0.864. The Morgan fingerprint density at radius 2 is 2.33 bits per heavy atom. The summed E-state index contributed by atoms with van der Waals surface area (Å²) in [5, 5.41) is 13.4. The van der Waals surface area contributed by atoms with Crippen molar-refractivity contribution in [3.63, 3.8) is 0 Å². The number of nitrogens with one attached hydrogen (secondary N) is 1. The summed E-state index contributed by atoms with van der Waals surface area (Å²) in [5.74, 6) is 0. The molecule has 0 atom stereocenters. The predicted octanol–water partition coefficient (Wildman–Crippen LogP) is 2.30. The zero-order valence-electron chi connectivity index (χ0n) is 8.73. The molecule has 0 spiro atoms. The first-order valence-electron chi connectivity index (χ1n) is 4.84. The number of nitrogens with zero attached hydrogens (tertiary/aromatic N) is 2. The first-order valence-corrected chi connectivity index (χ1v) is 5.65. The van der Waals surface area contributed by atoms with E-state index in [1.807, 2.05) is 6.07 Å². The largest absolute Gasteiger partial charge is 0.472 e. The molecule has 5 heteroatoms. The van der Waals surface area contributed by atoms with Crippen LogP contribution in [0, 0.1) is 0 Å². The standard InChI is InChI=1S/C10H13N3OS/c1-7(2)11-5-9-12-13-10(15-9)8-3-4-14-6-8/h3-4,6-7,11H,5H2,1-2H3. The van der Waals surface area contributed by atoms with Crippen molar-refractivity contribution in [1.82, 2.24) is 15.5 Å².